The Balaban J connectivity index is 2.84. The molecule has 1 aliphatic rings. The molecular formula is C9H17NO. The molecule has 2 heteroatoms. The maximum absolute atomic E-state index is 10.1. The van der Waals surface area contributed by atoms with Crippen molar-refractivity contribution in [1.82, 2.24) is 0 Å². The predicted molar refractivity (Wildman–Crippen MR) is 45.9 cm³/mol. The Morgan fingerprint density at radius 1 is 1.64 bits per heavy atom. The number of rotatable bonds is 1. The molecule has 11 heavy (non-hydrogen) atoms. The summed E-state index contributed by atoms with van der Waals surface area (Å²) in [6.07, 6.45) is 4.48. The predicted octanol–water partition coefficient (Wildman–Crippen LogP) is 1.40. The largest absolute Gasteiger partial charge is 0.405 e. The van der Waals surface area contributed by atoms with Crippen LogP contribution in [-0.4, -0.2) is 10.7 Å². The van der Waals surface area contributed by atoms with Gasteiger partial charge in [-0.25, -0.2) is 0 Å². The van der Waals surface area contributed by atoms with E-state index in [4.69, 9.17) is 5.73 Å². The third-order valence-corrected chi connectivity index (χ3v) is 2.72. The van der Waals surface area contributed by atoms with Crippen LogP contribution in [0.15, 0.2) is 11.8 Å². The van der Waals surface area contributed by atoms with Crippen molar-refractivity contribution in [2.75, 3.05) is 0 Å². The Morgan fingerprint density at radius 2 is 2.27 bits per heavy atom. The molecule has 1 aliphatic carbocycles. The minimum Gasteiger partial charge on any atom is -0.405 e. The Labute approximate surface area is 68.1 Å². The third kappa shape index (κ3) is 1.27. The second kappa shape index (κ2) is 2.86. The van der Waals surface area contributed by atoms with E-state index in [1.165, 1.54) is 0 Å². The lowest BCUT2D eigenvalue weighted by Crippen LogP contribution is -2.33. The first-order chi connectivity index (χ1) is 5.11. The molecule has 1 unspecified atom stereocenters. The van der Waals surface area contributed by atoms with Gasteiger partial charge in [0.15, 0.2) is 0 Å². The molecule has 1 fully saturated rings. The molecule has 3 N–H and O–H groups in total. The van der Waals surface area contributed by atoms with E-state index in [0.717, 1.165) is 24.8 Å². The van der Waals surface area contributed by atoms with Crippen LogP contribution in [0.1, 0.15) is 33.1 Å². The van der Waals surface area contributed by atoms with Crippen molar-refractivity contribution < 1.29 is 5.11 Å². The summed E-state index contributed by atoms with van der Waals surface area (Å²) in [5.74, 6) is 0.278. The van der Waals surface area contributed by atoms with Crippen molar-refractivity contribution in [2.45, 2.75) is 38.7 Å². The molecule has 0 bridgehead atoms. The van der Waals surface area contributed by atoms with E-state index >= 15 is 0 Å². The Bertz CT molecular complexity index is 174. The first kappa shape index (κ1) is 8.60. The molecule has 0 aliphatic heterocycles. The van der Waals surface area contributed by atoms with Crippen LogP contribution in [0.3, 0.4) is 0 Å². The van der Waals surface area contributed by atoms with Crippen molar-refractivity contribution in [3.05, 3.63) is 11.8 Å². The van der Waals surface area contributed by atoms with Gasteiger partial charge in [-0.15, -0.1) is 0 Å². The van der Waals surface area contributed by atoms with E-state index in [-0.39, 0.29) is 5.92 Å². The standard InChI is InChI=1S/C9H17NO/c1-7(2)9(11)5-3-4-8(9)6-10/h6-7,11H,3-5,10H2,1-2H3/b8-6+. The van der Waals surface area contributed by atoms with Crippen LogP contribution in [0.4, 0.5) is 0 Å². The highest BCUT2D eigenvalue weighted by molar-refractivity contribution is 5.21. The van der Waals surface area contributed by atoms with Crippen molar-refractivity contribution >= 4 is 0 Å². The van der Waals surface area contributed by atoms with Gasteiger partial charge in [0, 0.05) is 0 Å². The summed E-state index contributed by atoms with van der Waals surface area (Å²) in [4.78, 5) is 0. The van der Waals surface area contributed by atoms with E-state index in [2.05, 4.69) is 0 Å². The lowest BCUT2D eigenvalue weighted by molar-refractivity contribution is 0.0375. The van der Waals surface area contributed by atoms with Gasteiger partial charge in [0.25, 0.3) is 0 Å². The zero-order valence-corrected chi connectivity index (χ0v) is 7.30. The summed E-state index contributed by atoms with van der Waals surface area (Å²) in [6, 6.07) is 0. The van der Waals surface area contributed by atoms with Gasteiger partial charge in [-0.05, 0) is 37.0 Å². The Hall–Kier alpha value is -0.500. The summed E-state index contributed by atoms with van der Waals surface area (Å²) in [5, 5.41) is 10.1. The van der Waals surface area contributed by atoms with Crippen molar-refractivity contribution in [1.29, 1.82) is 0 Å². The van der Waals surface area contributed by atoms with Gasteiger partial charge in [-0.3, -0.25) is 0 Å². The molecule has 0 aromatic rings. The van der Waals surface area contributed by atoms with Crippen LogP contribution in [0, 0.1) is 5.92 Å². The average Bonchev–Trinajstić information content (AvgIpc) is 2.32. The molecule has 0 aromatic heterocycles. The van der Waals surface area contributed by atoms with E-state index in [1.807, 2.05) is 13.8 Å². The summed E-state index contributed by atoms with van der Waals surface area (Å²) >= 11 is 0. The van der Waals surface area contributed by atoms with E-state index in [0.29, 0.717) is 0 Å². The van der Waals surface area contributed by atoms with Gasteiger partial charge in [0.2, 0.25) is 0 Å². The maximum Gasteiger partial charge on any atom is 0.0896 e. The molecule has 1 atom stereocenters. The first-order valence-electron chi connectivity index (χ1n) is 4.25. The average molecular weight is 155 g/mol. The van der Waals surface area contributed by atoms with E-state index in [1.54, 1.807) is 6.20 Å². The highest BCUT2D eigenvalue weighted by Crippen LogP contribution is 2.39. The van der Waals surface area contributed by atoms with Gasteiger partial charge in [0.1, 0.15) is 0 Å². The monoisotopic (exact) mass is 155 g/mol. The molecule has 64 valence electrons. The Morgan fingerprint density at radius 3 is 2.64 bits per heavy atom. The molecular weight excluding hydrogens is 138 g/mol. The van der Waals surface area contributed by atoms with Crippen molar-refractivity contribution in [3.8, 4) is 0 Å². The minimum absolute atomic E-state index is 0.278. The normalized spacial score (nSPS) is 35.5. The maximum atomic E-state index is 10.1. The topological polar surface area (TPSA) is 46.2 Å². The lowest BCUT2D eigenvalue weighted by Gasteiger charge is -2.28. The molecule has 0 radical (unpaired) electrons. The van der Waals surface area contributed by atoms with Crippen molar-refractivity contribution in [3.63, 3.8) is 0 Å². The fraction of sp³-hybridized carbons (Fsp3) is 0.778. The minimum atomic E-state index is -0.602. The summed E-state index contributed by atoms with van der Waals surface area (Å²) in [6.45, 7) is 4.07. The zero-order chi connectivity index (χ0) is 8.48. The zero-order valence-electron chi connectivity index (χ0n) is 7.30. The molecule has 2 nitrogen and oxygen atoms in total. The highest BCUT2D eigenvalue weighted by Gasteiger charge is 2.38. The molecule has 1 rings (SSSR count). The summed E-state index contributed by atoms with van der Waals surface area (Å²) < 4.78 is 0. The third-order valence-electron chi connectivity index (χ3n) is 2.72. The first-order valence-corrected chi connectivity index (χ1v) is 4.25. The molecule has 0 heterocycles. The summed E-state index contributed by atoms with van der Waals surface area (Å²) in [7, 11) is 0. The highest BCUT2D eigenvalue weighted by atomic mass is 16.3. The van der Waals surface area contributed by atoms with Crippen LogP contribution >= 0.6 is 0 Å². The smallest absolute Gasteiger partial charge is 0.0896 e. The van der Waals surface area contributed by atoms with Gasteiger partial charge in [-0.1, -0.05) is 13.8 Å². The van der Waals surface area contributed by atoms with Crippen LogP contribution in [-0.2, 0) is 0 Å². The Kier molecular flexibility index (Phi) is 2.23. The second-order valence-corrected chi connectivity index (χ2v) is 3.62. The van der Waals surface area contributed by atoms with Gasteiger partial charge >= 0.3 is 0 Å². The van der Waals surface area contributed by atoms with Crippen LogP contribution in [0.25, 0.3) is 0 Å². The van der Waals surface area contributed by atoms with Gasteiger partial charge < -0.3 is 10.8 Å². The molecule has 0 saturated heterocycles. The quantitative estimate of drug-likeness (QED) is 0.601. The summed E-state index contributed by atoms with van der Waals surface area (Å²) in [5.41, 5.74) is 5.84. The fourth-order valence-corrected chi connectivity index (χ4v) is 1.81. The van der Waals surface area contributed by atoms with Gasteiger partial charge in [0.05, 0.1) is 5.60 Å². The molecule has 0 spiro atoms. The number of nitrogens with two attached hydrogens (primary N) is 1. The number of hydrogen-bond donors (Lipinski definition) is 2. The van der Waals surface area contributed by atoms with Crippen LogP contribution in [0.5, 0.6) is 0 Å². The second-order valence-electron chi connectivity index (χ2n) is 3.62. The molecule has 0 amide bonds. The van der Waals surface area contributed by atoms with E-state index < -0.39 is 5.60 Å². The van der Waals surface area contributed by atoms with Crippen LogP contribution < -0.4 is 5.73 Å². The molecule has 0 aromatic carbocycles. The lowest BCUT2D eigenvalue weighted by atomic mass is 9.86. The van der Waals surface area contributed by atoms with Crippen molar-refractivity contribution in [2.24, 2.45) is 11.7 Å². The number of hydrogen-bond acceptors (Lipinski definition) is 2. The molecule has 1 saturated carbocycles. The number of aliphatic hydroxyl groups is 1. The van der Waals surface area contributed by atoms with E-state index in [9.17, 15) is 5.11 Å². The van der Waals surface area contributed by atoms with Crippen LogP contribution in [0.2, 0.25) is 0 Å². The fourth-order valence-electron chi connectivity index (χ4n) is 1.81. The SMILES string of the molecule is CC(C)C1(O)CCC/C1=C\N. The van der Waals surface area contributed by atoms with Gasteiger partial charge in [-0.2, -0.15) is 0 Å².